The first-order chi connectivity index (χ1) is 18.3. The Kier molecular flexibility index (Phi) is 17.4. The van der Waals surface area contributed by atoms with Gasteiger partial charge >= 0.3 is 0 Å². The molecule has 4 rings (SSSR count). The third-order valence-electron chi connectivity index (χ3n) is 4.53. The highest BCUT2D eigenvalue weighted by Crippen LogP contribution is 2.23. The third-order valence-corrected chi connectivity index (χ3v) is 5.87. The molecule has 0 aliphatic rings. The highest BCUT2D eigenvalue weighted by atomic mass is 35.5. The van der Waals surface area contributed by atoms with E-state index < -0.39 is 17.4 Å². The standard InChI is InChI=1S/C8H8ClF.C7H6ClF.C6H5ClFN.C6H4ClFO.C2H6/c1-5-3-4-6(2)8(10)7(5)9;1-5-3-2-4-6(8)7(5)9;2*7-4-2-1-3-5(9)6(4)8;1-2/h3-4H,1-2H3;2-4H,1H3;1-3H,9H2;1-3,9H;1-2H3. The number of aryl methyl sites for hydroxylation is 3. The maximum atomic E-state index is 12.9. The van der Waals surface area contributed by atoms with Crippen LogP contribution in [0.5, 0.6) is 5.75 Å². The largest absolute Gasteiger partial charge is 0.505 e. The Balaban J connectivity index is 0.000000483. The van der Waals surface area contributed by atoms with Crippen molar-refractivity contribution in [3.05, 3.63) is 127 Å². The van der Waals surface area contributed by atoms with E-state index in [-0.39, 0.29) is 37.4 Å². The van der Waals surface area contributed by atoms with Gasteiger partial charge in [-0.15, -0.1) is 0 Å². The van der Waals surface area contributed by atoms with Crippen LogP contribution in [0.1, 0.15) is 30.5 Å². The van der Waals surface area contributed by atoms with Crippen molar-refractivity contribution in [1.82, 2.24) is 0 Å². The average molecular weight is 625 g/mol. The van der Waals surface area contributed by atoms with Crippen molar-refractivity contribution in [2.75, 3.05) is 5.73 Å². The molecule has 0 heterocycles. The molecule has 0 bridgehead atoms. The number of anilines is 1. The zero-order valence-electron chi connectivity index (χ0n) is 21.9. The fourth-order valence-electron chi connectivity index (χ4n) is 2.37. The Morgan fingerprint density at radius 2 is 0.949 bits per heavy atom. The molecule has 0 saturated carbocycles. The summed E-state index contributed by atoms with van der Waals surface area (Å²) in [6.45, 7) is 9.16. The Hall–Kier alpha value is -2.64. The van der Waals surface area contributed by atoms with E-state index in [0.717, 1.165) is 5.56 Å². The van der Waals surface area contributed by atoms with Crippen molar-refractivity contribution >= 4 is 52.1 Å². The zero-order chi connectivity index (χ0) is 30.3. The summed E-state index contributed by atoms with van der Waals surface area (Å²) >= 11 is 21.7. The third kappa shape index (κ3) is 12.4. The number of rotatable bonds is 0. The smallest absolute Gasteiger partial charge is 0.183 e. The van der Waals surface area contributed by atoms with E-state index >= 15 is 0 Å². The number of aromatic hydroxyl groups is 1. The lowest BCUT2D eigenvalue weighted by molar-refractivity contribution is 0.432. The molecule has 212 valence electrons. The second kappa shape index (κ2) is 18.6. The second-order valence-electron chi connectivity index (χ2n) is 7.41. The van der Waals surface area contributed by atoms with Crippen molar-refractivity contribution in [2.24, 2.45) is 0 Å². The summed E-state index contributed by atoms with van der Waals surface area (Å²) in [5.74, 6) is -2.35. The molecule has 3 N–H and O–H groups in total. The van der Waals surface area contributed by atoms with Gasteiger partial charge in [0.15, 0.2) is 17.4 Å². The predicted octanol–water partition coefficient (Wildman–Crippen LogP) is 11.2. The number of hydrogen-bond donors (Lipinski definition) is 2. The highest BCUT2D eigenvalue weighted by molar-refractivity contribution is 6.32. The van der Waals surface area contributed by atoms with Gasteiger partial charge in [-0.05, 0) is 67.8 Å². The van der Waals surface area contributed by atoms with Crippen LogP contribution < -0.4 is 5.73 Å². The number of halogens is 8. The number of benzene rings is 4. The summed E-state index contributed by atoms with van der Waals surface area (Å²) in [5.41, 5.74) is 7.21. The van der Waals surface area contributed by atoms with Gasteiger partial charge < -0.3 is 10.8 Å². The molecule has 0 aliphatic carbocycles. The lowest BCUT2D eigenvalue weighted by Crippen LogP contribution is -1.89. The minimum absolute atomic E-state index is 0.0602. The van der Waals surface area contributed by atoms with Crippen molar-refractivity contribution in [3.8, 4) is 5.75 Å². The fourth-order valence-corrected chi connectivity index (χ4v) is 3.15. The van der Waals surface area contributed by atoms with Crippen LogP contribution in [0.4, 0.5) is 23.2 Å². The zero-order valence-corrected chi connectivity index (χ0v) is 24.9. The molecule has 0 saturated heterocycles. The van der Waals surface area contributed by atoms with Crippen molar-refractivity contribution in [2.45, 2.75) is 34.6 Å². The molecule has 0 radical (unpaired) electrons. The minimum atomic E-state index is -0.765. The lowest BCUT2D eigenvalue weighted by Gasteiger charge is -2.00. The summed E-state index contributed by atoms with van der Waals surface area (Å²) < 4.78 is 50.3. The van der Waals surface area contributed by atoms with E-state index in [2.05, 4.69) is 0 Å². The van der Waals surface area contributed by atoms with Crippen LogP contribution in [0.15, 0.2) is 66.7 Å². The summed E-state index contributed by atoms with van der Waals surface area (Å²) in [6, 6.07) is 17.1. The first-order valence-corrected chi connectivity index (χ1v) is 12.9. The van der Waals surface area contributed by atoms with Crippen LogP contribution in [0.25, 0.3) is 0 Å². The molecular formula is C29H29Cl4F4NO. The fraction of sp³-hybridized carbons (Fsp3) is 0.172. The first kappa shape index (κ1) is 36.4. The summed E-state index contributed by atoms with van der Waals surface area (Å²) in [7, 11) is 0. The maximum absolute atomic E-state index is 12.9. The van der Waals surface area contributed by atoms with Gasteiger partial charge in [-0.2, -0.15) is 0 Å². The van der Waals surface area contributed by atoms with Crippen LogP contribution in [0, 0.1) is 44.0 Å². The molecule has 0 aliphatic heterocycles. The predicted molar refractivity (Wildman–Crippen MR) is 157 cm³/mol. The molecule has 4 aromatic carbocycles. The Morgan fingerprint density at radius 1 is 0.538 bits per heavy atom. The van der Waals surface area contributed by atoms with Crippen LogP contribution >= 0.6 is 46.4 Å². The number of phenolic OH excluding ortho intramolecular Hbond substituents is 1. The molecule has 4 aromatic rings. The van der Waals surface area contributed by atoms with Gasteiger partial charge in [0.05, 0.1) is 25.8 Å². The van der Waals surface area contributed by atoms with E-state index in [1.54, 1.807) is 51.1 Å². The van der Waals surface area contributed by atoms with Crippen molar-refractivity contribution < 1.29 is 22.7 Å². The normalized spacial score (nSPS) is 9.36. The molecule has 0 atom stereocenters. The van der Waals surface area contributed by atoms with Crippen molar-refractivity contribution in [1.29, 1.82) is 0 Å². The first-order valence-electron chi connectivity index (χ1n) is 11.4. The van der Waals surface area contributed by atoms with E-state index in [1.165, 1.54) is 36.4 Å². The van der Waals surface area contributed by atoms with Crippen LogP contribution in [0.3, 0.4) is 0 Å². The van der Waals surface area contributed by atoms with Gasteiger partial charge in [0.25, 0.3) is 0 Å². The monoisotopic (exact) mass is 623 g/mol. The highest BCUT2D eigenvalue weighted by Gasteiger charge is 2.04. The number of nitrogen functional groups attached to an aromatic ring is 1. The summed E-state index contributed by atoms with van der Waals surface area (Å²) in [6.07, 6.45) is 0. The Labute approximate surface area is 246 Å². The van der Waals surface area contributed by atoms with Gasteiger partial charge in [-0.25, -0.2) is 17.6 Å². The topological polar surface area (TPSA) is 46.2 Å². The van der Waals surface area contributed by atoms with Crippen LogP contribution in [-0.4, -0.2) is 5.11 Å². The van der Waals surface area contributed by atoms with Crippen LogP contribution in [-0.2, 0) is 0 Å². The Bertz CT molecular complexity index is 1130. The molecule has 0 fully saturated rings. The lowest BCUT2D eigenvalue weighted by atomic mass is 10.1. The molecule has 0 spiro atoms. The molecule has 10 heteroatoms. The molecule has 0 unspecified atom stereocenters. The van der Waals surface area contributed by atoms with E-state index in [9.17, 15) is 17.6 Å². The molecular weight excluding hydrogens is 596 g/mol. The SMILES string of the molecule is CC.Cc1ccc(C)c(Cl)c1F.Cc1cccc(Cl)c1F.Nc1cccc(Cl)c1F.Oc1cccc(Cl)c1F. The number of phenols is 1. The van der Waals surface area contributed by atoms with E-state index in [1.807, 2.05) is 13.8 Å². The minimum Gasteiger partial charge on any atom is -0.505 e. The molecule has 0 amide bonds. The van der Waals surface area contributed by atoms with E-state index in [4.69, 9.17) is 57.2 Å². The Morgan fingerprint density at radius 3 is 1.33 bits per heavy atom. The van der Waals surface area contributed by atoms with Gasteiger partial charge in [0, 0.05) is 0 Å². The summed E-state index contributed by atoms with van der Waals surface area (Å²) in [5, 5.41) is 9.07. The number of nitrogens with two attached hydrogens (primary N) is 1. The van der Waals surface area contributed by atoms with E-state index in [0.29, 0.717) is 11.1 Å². The van der Waals surface area contributed by atoms with Crippen molar-refractivity contribution in [3.63, 3.8) is 0 Å². The van der Waals surface area contributed by atoms with Gasteiger partial charge in [-0.3, -0.25) is 0 Å². The molecule has 2 nitrogen and oxygen atoms in total. The molecule has 0 aromatic heterocycles. The number of hydrogen-bond acceptors (Lipinski definition) is 2. The quantitative estimate of drug-likeness (QED) is 0.151. The van der Waals surface area contributed by atoms with Gasteiger partial charge in [0.1, 0.15) is 11.6 Å². The maximum Gasteiger partial charge on any atom is 0.183 e. The second-order valence-corrected chi connectivity index (χ2v) is 9.01. The molecule has 39 heavy (non-hydrogen) atoms. The van der Waals surface area contributed by atoms with Crippen LogP contribution in [0.2, 0.25) is 20.1 Å². The summed E-state index contributed by atoms with van der Waals surface area (Å²) in [4.78, 5) is 0. The van der Waals surface area contributed by atoms with Gasteiger partial charge in [0.2, 0.25) is 0 Å². The van der Waals surface area contributed by atoms with Gasteiger partial charge in [-0.1, -0.05) is 96.6 Å². The average Bonchev–Trinajstić information content (AvgIpc) is 2.92.